The summed E-state index contributed by atoms with van der Waals surface area (Å²) < 4.78 is 7.69. The molecule has 1 aliphatic carbocycles. The van der Waals surface area contributed by atoms with Gasteiger partial charge in [0.1, 0.15) is 23.6 Å². The van der Waals surface area contributed by atoms with Gasteiger partial charge in [-0.2, -0.15) is 5.10 Å². The third-order valence-electron chi connectivity index (χ3n) is 9.61. The van der Waals surface area contributed by atoms with Crippen LogP contribution < -0.4 is 10.5 Å². The van der Waals surface area contributed by atoms with Crippen LogP contribution in [0.4, 0.5) is 5.82 Å². The van der Waals surface area contributed by atoms with Gasteiger partial charge < -0.3 is 25.5 Å². The van der Waals surface area contributed by atoms with Crippen molar-refractivity contribution in [2.24, 2.45) is 0 Å². The van der Waals surface area contributed by atoms with Gasteiger partial charge in [0, 0.05) is 68.6 Å². The Morgan fingerprint density at radius 3 is 2.57 bits per heavy atom. The Kier molecular flexibility index (Phi) is 8.20. The van der Waals surface area contributed by atoms with Gasteiger partial charge in [0.25, 0.3) is 0 Å². The summed E-state index contributed by atoms with van der Waals surface area (Å²) in [5.41, 5.74) is 12.5. The molecule has 0 bridgehead atoms. The molecule has 0 radical (unpaired) electrons. The van der Waals surface area contributed by atoms with E-state index in [0.29, 0.717) is 11.9 Å². The third kappa shape index (κ3) is 5.65. The van der Waals surface area contributed by atoms with Gasteiger partial charge in [-0.3, -0.25) is 4.90 Å². The van der Waals surface area contributed by atoms with Crippen LogP contribution in [-0.4, -0.2) is 92.1 Å². The number of nitrogens with one attached hydrogen (secondary N) is 1. The van der Waals surface area contributed by atoms with Gasteiger partial charge in [0.2, 0.25) is 0 Å². The molecule has 2 fully saturated rings. The van der Waals surface area contributed by atoms with E-state index in [4.69, 9.17) is 25.7 Å². The molecule has 4 heterocycles. The quantitative estimate of drug-likeness (QED) is 0.226. The normalized spacial score (nSPS) is 20.0. The number of benzene rings is 2. The van der Waals surface area contributed by atoms with Gasteiger partial charge in [-0.05, 0) is 61.3 Å². The predicted octanol–water partition coefficient (Wildman–Crippen LogP) is 4.64. The minimum Gasteiger partial charge on any atom is -0.496 e. The molecule has 1 aliphatic heterocycles. The van der Waals surface area contributed by atoms with E-state index in [2.05, 4.69) is 54.8 Å². The lowest BCUT2D eigenvalue weighted by Gasteiger charge is -2.42. The molecule has 0 amide bonds. The first kappa shape index (κ1) is 28.8. The van der Waals surface area contributed by atoms with Crippen molar-refractivity contribution >= 4 is 27.8 Å². The number of nitrogens with zero attached hydrogens (tertiary/aromatic N) is 6. The maximum Gasteiger partial charge on any atom is 0.164 e. The van der Waals surface area contributed by atoms with Crippen molar-refractivity contribution < 1.29 is 9.84 Å². The number of aliphatic hydroxyl groups is 1. The Morgan fingerprint density at radius 1 is 0.977 bits per heavy atom. The highest BCUT2D eigenvalue weighted by Gasteiger charge is 2.31. The van der Waals surface area contributed by atoms with E-state index in [9.17, 15) is 0 Å². The number of anilines is 1. The maximum absolute atomic E-state index is 9.16. The van der Waals surface area contributed by atoms with Crippen molar-refractivity contribution in [3.05, 3.63) is 66.1 Å². The first-order valence-corrected chi connectivity index (χ1v) is 15.9. The number of rotatable bonds is 9. The number of nitrogens with two attached hydrogens (primary N) is 1. The Hall–Kier alpha value is -3.99. The van der Waals surface area contributed by atoms with Gasteiger partial charge in [-0.25, -0.2) is 14.6 Å². The van der Waals surface area contributed by atoms with Gasteiger partial charge in [0.05, 0.1) is 18.5 Å². The van der Waals surface area contributed by atoms with Crippen molar-refractivity contribution in [1.29, 1.82) is 0 Å². The number of piperazine rings is 1. The fraction of sp³-hybridized carbons (Fsp3) is 0.441. The van der Waals surface area contributed by atoms with Crippen molar-refractivity contribution in [3.63, 3.8) is 0 Å². The number of fused-ring (bicyclic) bond motifs is 2. The zero-order chi connectivity index (χ0) is 30.0. The zero-order valence-electron chi connectivity index (χ0n) is 25.5. The Balaban J connectivity index is 1.11. The molecule has 44 heavy (non-hydrogen) atoms. The lowest BCUT2D eigenvalue weighted by Crippen LogP contribution is -2.51. The number of aromatic nitrogens is 5. The van der Waals surface area contributed by atoms with Crippen molar-refractivity contribution in [2.45, 2.75) is 50.6 Å². The number of ether oxygens (including phenoxy) is 1. The highest BCUT2D eigenvalue weighted by molar-refractivity contribution is 6.00. The van der Waals surface area contributed by atoms with E-state index in [1.807, 2.05) is 18.2 Å². The van der Waals surface area contributed by atoms with E-state index in [-0.39, 0.29) is 12.6 Å². The van der Waals surface area contributed by atoms with E-state index in [1.165, 1.54) is 0 Å². The number of methoxy groups -OCH3 is 1. The van der Waals surface area contributed by atoms with Gasteiger partial charge in [-0.15, -0.1) is 0 Å². The molecule has 4 N–H and O–H groups in total. The smallest absolute Gasteiger partial charge is 0.164 e. The fourth-order valence-corrected chi connectivity index (χ4v) is 7.25. The number of hydrogen-bond acceptors (Lipinski definition) is 8. The second-order valence-electron chi connectivity index (χ2n) is 12.3. The van der Waals surface area contributed by atoms with E-state index < -0.39 is 0 Å². The molecular weight excluding hydrogens is 552 g/mol. The summed E-state index contributed by atoms with van der Waals surface area (Å²) in [5, 5.41) is 16.3. The molecule has 10 nitrogen and oxygen atoms in total. The van der Waals surface area contributed by atoms with E-state index >= 15 is 0 Å². The summed E-state index contributed by atoms with van der Waals surface area (Å²) in [6.45, 7) is 5.68. The summed E-state index contributed by atoms with van der Waals surface area (Å²) >= 11 is 0. The summed E-state index contributed by atoms with van der Waals surface area (Å²) in [6.07, 6.45) is 7.62. The van der Waals surface area contributed by atoms with Crippen LogP contribution in [0.1, 0.15) is 49.4 Å². The summed E-state index contributed by atoms with van der Waals surface area (Å²) in [6, 6.07) is 17.7. The molecule has 230 valence electrons. The molecule has 7 rings (SSSR count). The molecule has 10 heteroatoms. The van der Waals surface area contributed by atoms with Gasteiger partial charge >= 0.3 is 0 Å². The fourth-order valence-electron chi connectivity index (χ4n) is 7.25. The lowest BCUT2D eigenvalue weighted by molar-refractivity contribution is 0.0680. The van der Waals surface area contributed by atoms with Crippen LogP contribution in [0.25, 0.3) is 33.2 Å². The number of aliphatic hydroxyl groups excluding tert-OH is 1. The van der Waals surface area contributed by atoms with Crippen LogP contribution >= 0.6 is 0 Å². The van der Waals surface area contributed by atoms with Crippen LogP contribution in [0.3, 0.4) is 0 Å². The van der Waals surface area contributed by atoms with Gasteiger partial charge in [-0.1, -0.05) is 30.3 Å². The molecule has 0 unspecified atom stereocenters. The third-order valence-corrected chi connectivity index (χ3v) is 9.61. The SMILES string of the molecule is COc1ccccc1Cc1cc2ccc(-c3nn([C@H]4CC[C@H](N5CCN(CCCO)CC5)CC4)c4ncnc(N)c34)cc2[nH]1. The number of nitrogen functional groups attached to an aromatic ring is 1. The minimum absolute atomic E-state index is 0.275. The second kappa shape index (κ2) is 12.6. The minimum atomic E-state index is 0.275. The molecule has 0 spiro atoms. The Labute approximate surface area is 257 Å². The molecule has 2 aromatic carbocycles. The highest BCUT2D eigenvalue weighted by atomic mass is 16.5. The van der Waals surface area contributed by atoms with Crippen molar-refractivity contribution in [1.82, 2.24) is 34.5 Å². The average molecular weight is 595 g/mol. The Bertz CT molecular complexity index is 1730. The molecule has 5 aromatic rings. The summed E-state index contributed by atoms with van der Waals surface area (Å²) in [7, 11) is 1.71. The van der Waals surface area contributed by atoms with E-state index in [1.54, 1.807) is 13.4 Å². The molecule has 3 aromatic heterocycles. The average Bonchev–Trinajstić information content (AvgIpc) is 3.66. The van der Waals surface area contributed by atoms with Crippen molar-refractivity contribution in [3.8, 4) is 17.0 Å². The molecular formula is C34H42N8O2. The first-order valence-electron chi connectivity index (χ1n) is 15.9. The molecule has 1 saturated carbocycles. The topological polar surface area (TPSA) is 121 Å². The van der Waals surface area contributed by atoms with Crippen LogP contribution in [-0.2, 0) is 6.42 Å². The van der Waals surface area contributed by atoms with Crippen LogP contribution in [0.15, 0.2) is 54.9 Å². The maximum atomic E-state index is 9.16. The monoisotopic (exact) mass is 594 g/mol. The predicted molar refractivity (Wildman–Crippen MR) is 174 cm³/mol. The standard InChI is InChI=1S/C34H42N8O2/c1-44-30-6-3-2-5-24(30)20-26-19-23-7-8-25(21-29(23)38-26)32-31-33(35)36-22-37-34(31)42(39-32)28-11-9-27(10-12-28)41-16-14-40(15-17-41)13-4-18-43/h2-3,5-8,19,21-22,27-28,38,43H,4,9-18,20H2,1H3,(H2,35,36,37)/t27-,28-. The van der Waals surface area contributed by atoms with Crippen LogP contribution in [0.2, 0.25) is 0 Å². The van der Waals surface area contributed by atoms with E-state index in [0.717, 1.165) is 121 Å². The Morgan fingerprint density at radius 2 is 1.77 bits per heavy atom. The van der Waals surface area contributed by atoms with Gasteiger partial charge in [0.15, 0.2) is 5.65 Å². The molecule has 0 atom stereocenters. The molecule has 2 aliphatic rings. The lowest BCUT2D eigenvalue weighted by atomic mass is 9.90. The summed E-state index contributed by atoms with van der Waals surface area (Å²) in [5.74, 6) is 1.36. The number of H-pyrrole nitrogens is 1. The summed E-state index contributed by atoms with van der Waals surface area (Å²) in [4.78, 5) is 17.8. The van der Waals surface area contributed by atoms with Crippen LogP contribution in [0.5, 0.6) is 5.75 Å². The largest absolute Gasteiger partial charge is 0.496 e. The number of aromatic amines is 1. The second-order valence-corrected chi connectivity index (χ2v) is 12.3. The number of hydrogen-bond donors (Lipinski definition) is 3. The van der Waals surface area contributed by atoms with Crippen LogP contribution in [0, 0.1) is 0 Å². The first-order chi connectivity index (χ1) is 21.6. The number of para-hydroxylation sites is 1. The highest BCUT2D eigenvalue weighted by Crippen LogP contribution is 2.38. The molecule has 1 saturated heterocycles. The van der Waals surface area contributed by atoms with Crippen molar-refractivity contribution in [2.75, 3.05) is 52.2 Å². The zero-order valence-corrected chi connectivity index (χ0v) is 25.5.